The lowest BCUT2D eigenvalue weighted by atomic mass is 9.89. The van der Waals surface area contributed by atoms with Crippen LogP contribution in [0.3, 0.4) is 0 Å². The number of allylic oxidation sites excluding steroid dienone is 8. The van der Waals surface area contributed by atoms with Crippen molar-refractivity contribution in [2.24, 2.45) is 16.8 Å². The number of hydrogen-bond donors (Lipinski definition) is 0. The van der Waals surface area contributed by atoms with Crippen LogP contribution in [-0.2, 0) is 17.6 Å². The van der Waals surface area contributed by atoms with Crippen molar-refractivity contribution in [3.8, 4) is 5.75 Å². The van der Waals surface area contributed by atoms with Crippen LogP contribution in [0.15, 0.2) is 90.0 Å². The molecule has 0 saturated heterocycles. The smallest absolute Gasteiger partial charge is 0.188 e. The lowest BCUT2D eigenvalue weighted by Gasteiger charge is -2.22. The highest BCUT2D eigenvalue weighted by Gasteiger charge is 2.19. The molecule has 2 aromatic rings. The highest BCUT2D eigenvalue weighted by molar-refractivity contribution is 7.56. The van der Waals surface area contributed by atoms with Gasteiger partial charge in [-0.1, -0.05) is 87.5 Å². The van der Waals surface area contributed by atoms with Gasteiger partial charge in [0.2, 0.25) is 0 Å². The van der Waals surface area contributed by atoms with E-state index in [4.69, 9.17) is 9.47 Å². The Kier molecular flexibility index (Phi) is 9.07. The van der Waals surface area contributed by atoms with E-state index in [0.717, 1.165) is 37.0 Å². The van der Waals surface area contributed by atoms with Gasteiger partial charge in [-0.3, -0.25) is 4.99 Å². The van der Waals surface area contributed by atoms with E-state index >= 15 is 0 Å². The molecule has 176 valence electrons. The zero-order valence-corrected chi connectivity index (χ0v) is 21.1. The number of hydrogen-bond acceptors (Lipinski definition) is 3. The van der Waals surface area contributed by atoms with Crippen molar-refractivity contribution in [2.75, 3.05) is 21.0 Å². The number of rotatable bonds is 10. The zero-order chi connectivity index (χ0) is 23.6. The first-order chi connectivity index (χ1) is 16.8. The molecule has 3 nitrogen and oxygen atoms in total. The zero-order valence-electron chi connectivity index (χ0n) is 20.1. The molecule has 2 aliphatic carbocycles. The summed E-state index contributed by atoms with van der Waals surface area (Å²) in [5, 5.41) is 2.52. The second kappa shape index (κ2) is 12.6. The van der Waals surface area contributed by atoms with Crippen LogP contribution < -0.4 is 15.3 Å². The normalized spacial score (nSPS) is 19.6. The van der Waals surface area contributed by atoms with Gasteiger partial charge >= 0.3 is 0 Å². The SMILES string of the molecule is C/N=C/c1ccccc1Pc1cc(CC2C=CC=CC2)cc(CC2C=CC=CC2)c1OCOC. The fourth-order valence-corrected chi connectivity index (χ4v) is 5.93. The average Bonchev–Trinajstić information content (AvgIpc) is 2.86. The lowest BCUT2D eigenvalue weighted by molar-refractivity contribution is 0.0511. The molecule has 0 radical (unpaired) electrons. The van der Waals surface area contributed by atoms with Gasteiger partial charge in [0, 0.05) is 25.7 Å². The topological polar surface area (TPSA) is 30.8 Å². The van der Waals surface area contributed by atoms with Crippen molar-refractivity contribution in [3.05, 3.63) is 102 Å². The van der Waals surface area contributed by atoms with E-state index in [-0.39, 0.29) is 6.79 Å². The van der Waals surface area contributed by atoms with Gasteiger partial charge in [0.1, 0.15) is 5.75 Å². The summed E-state index contributed by atoms with van der Waals surface area (Å²) in [7, 11) is 3.98. The lowest BCUT2D eigenvalue weighted by Crippen LogP contribution is -2.17. The Bertz CT molecular complexity index is 1110. The predicted molar refractivity (Wildman–Crippen MR) is 147 cm³/mol. The van der Waals surface area contributed by atoms with Gasteiger partial charge < -0.3 is 9.47 Å². The second-order valence-electron chi connectivity index (χ2n) is 8.81. The second-order valence-corrected chi connectivity index (χ2v) is 10.1. The molecule has 0 N–H and O–H groups in total. The van der Waals surface area contributed by atoms with E-state index in [0.29, 0.717) is 20.4 Å². The molecule has 0 bridgehead atoms. The molecule has 0 amide bonds. The Morgan fingerprint density at radius 2 is 1.68 bits per heavy atom. The maximum absolute atomic E-state index is 6.26. The van der Waals surface area contributed by atoms with Crippen molar-refractivity contribution in [2.45, 2.75) is 25.7 Å². The van der Waals surface area contributed by atoms with E-state index in [1.165, 1.54) is 21.7 Å². The van der Waals surface area contributed by atoms with Crippen LogP contribution in [0.25, 0.3) is 0 Å². The minimum Gasteiger partial charge on any atom is -0.467 e. The van der Waals surface area contributed by atoms with E-state index in [1.54, 1.807) is 7.11 Å². The van der Waals surface area contributed by atoms with Crippen LogP contribution in [0.1, 0.15) is 29.5 Å². The largest absolute Gasteiger partial charge is 0.467 e. The molecule has 2 aliphatic rings. The molecule has 2 aromatic carbocycles. The summed E-state index contributed by atoms with van der Waals surface area (Å²) in [5.74, 6) is 2.00. The summed E-state index contributed by atoms with van der Waals surface area (Å²) in [6, 6.07) is 13.2. The first-order valence-electron chi connectivity index (χ1n) is 12.0. The quantitative estimate of drug-likeness (QED) is 0.253. The van der Waals surface area contributed by atoms with Crippen LogP contribution >= 0.6 is 8.58 Å². The fourth-order valence-electron chi connectivity index (χ4n) is 4.56. The molecule has 4 heteroatoms. The Labute approximate surface area is 205 Å². The number of ether oxygens (including phenoxy) is 2. The summed E-state index contributed by atoms with van der Waals surface area (Å²) < 4.78 is 11.6. The van der Waals surface area contributed by atoms with E-state index < -0.39 is 0 Å². The Morgan fingerprint density at radius 3 is 2.35 bits per heavy atom. The molecule has 0 aliphatic heterocycles. The third kappa shape index (κ3) is 6.65. The van der Waals surface area contributed by atoms with E-state index in [2.05, 4.69) is 90.0 Å². The van der Waals surface area contributed by atoms with Gasteiger partial charge in [0.15, 0.2) is 6.79 Å². The molecule has 0 saturated carbocycles. The highest BCUT2D eigenvalue weighted by atomic mass is 31.1. The van der Waals surface area contributed by atoms with Crippen LogP contribution in [-0.4, -0.2) is 27.2 Å². The van der Waals surface area contributed by atoms with Crippen molar-refractivity contribution in [3.63, 3.8) is 0 Å². The molecule has 0 fully saturated rings. The van der Waals surface area contributed by atoms with Crippen LogP contribution in [0, 0.1) is 11.8 Å². The van der Waals surface area contributed by atoms with Crippen LogP contribution in [0.5, 0.6) is 5.75 Å². The third-order valence-electron chi connectivity index (χ3n) is 6.16. The summed E-state index contributed by atoms with van der Waals surface area (Å²) in [4.78, 5) is 4.27. The first-order valence-corrected chi connectivity index (χ1v) is 13.0. The molecule has 3 atom stereocenters. The standard InChI is InChI=1S/C30H34NO2P/c1-31-21-26-15-9-10-16-28(26)34-29-20-25(17-23-11-5-3-6-12-23)19-27(30(29)33-22-32-2)18-24-13-7-4-8-14-24/h3-11,13,15-16,19-21,23-24,34H,12,14,17-18,22H2,1-2H3/b31-21+. The van der Waals surface area contributed by atoms with Crippen molar-refractivity contribution >= 4 is 25.4 Å². The summed E-state index contributed by atoms with van der Waals surface area (Å²) in [6.07, 6.45) is 23.9. The van der Waals surface area contributed by atoms with Gasteiger partial charge in [-0.15, -0.1) is 0 Å². The molecule has 0 heterocycles. The number of nitrogens with zero attached hydrogens (tertiary/aromatic N) is 1. The highest BCUT2D eigenvalue weighted by Crippen LogP contribution is 2.31. The fraction of sp³-hybridized carbons (Fsp3) is 0.300. The van der Waals surface area contributed by atoms with Gasteiger partial charge in [-0.05, 0) is 65.6 Å². The molecule has 34 heavy (non-hydrogen) atoms. The summed E-state index contributed by atoms with van der Waals surface area (Å²) in [6.45, 7) is 0.248. The monoisotopic (exact) mass is 471 g/mol. The summed E-state index contributed by atoms with van der Waals surface area (Å²) >= 11 is 0. The Morgan fingerprint density at radius 1 is 0.941 bits per heavy atom. The van der Waals surface area contributed by atoms with E-state index in [1.807, 2.05) is 13.3 Å². The number of aliphatic imine (C=N–C) groups is 1. The maximum atomic E-state index is 6.26. The van der Waals surface area contributed by atoms with Crippen molar-refractivity contribution in [1.82, 2.24) is 0 Å². The van der Waals surface area contributed by atoms with Crippen LogP contribution in [0.4, 0.5) is 0 Å². The third-order valence-corrected chi connectivity index (χ3v) is 7.53. The molecular weight excluding hydrogens is 437 g/mol. The minimum atomic E-state index is 0.248. The van der Waals surface area contributed by atoms with Crippen molar-refractivity contribution < 1.29 is 9.47 Å². The van der Waals surface area contributed by atoms with Gasteiger partial charge in [0.05, 0.1) is 0 Å². The molecule has 3 unspecified atom stereocenters. The van der Waals surface area contributed by atoms with Gasteiger partial charge in [-0.2, -0.15) is 0 Å². The molecule has 0 aromatic heterocycles. The average molecular weight is 472 g/mol. The predicted octanol–water partition coefficient (Wildman–Crippen LogP) is 5.70. The molecule has 4 rings (SSSR count). The first kappa shape index (κ1) is 24.4. The number of benzene rings is 2. The maximum Gasteiger partial charge on any atom is 0.188 e. The Hall–Kier alpha value is -2.74. The molecular formula is C30H34NO2P. The minimum absolute atomic E-state index is 0.248. The molecule has 0 spiro atoms. The number of methoxy groups -OCH3 is 1. The Balaban J connectivity index is 1.73. The van der Waals surface area contributed by atoms with Crippen LogP contribution in [0.2, 0.25) is 0 Å². The van der Waals surface area contributed by atoms with Crippen molar-refractivity contribution in [1.29, 1.82) is 0 Å². The summed E-state index contributed by atoms with van der Waals surface area (Å²) in [5.41, 5.74) is 3.82. The van der Waals surface area contributed by atoms with E-state index in [9.17, 15) is 0 Å². The van der Waals surface area contributed by atoms with Gasteiger partial charge in [-0.25, -0.2) is 0 Å². The van der Waals surface area contributed by atoms with Gasteiger partial charge in [0.25, 0.3) is 0 Å².